The second-order valence-corrected chi connectivity index (χ2v) is 9.20. The molecule has 0 spiro atoms. The van der Waals surface area contributed by atoms with Crippen molar-refractivity contribution in [2.24, 2.45) is 5.92 Å². The smallest absolute Gasteiger partial charge is 0.338 e. The zero-order chi connectivity index (χ0) is 25.5. The minimum absolute atomic E-state index is 0.118. The number of methoxy groups -OCH3 is 1. The number of nitrogens with zero attached hydrogens (tertiary/aromatic N) is 1. The van der Waals surface area contributed by atoms with Gasteiger partial charge in [-0.2, -0.15) is 0 Å². The monoisotopic (exact) mass is 495 g/mol. The van der Waals surface area contributed by atoms with E-state index < -0.39 is 6.04 Å². The molecule has 1 heterocycles. The van der Waals surface area contributed by atoms with Gasteiger partial charge in [-0.05, 0) is 67.4 Å². The maximum Gasteiger partial charge on any atom is 0.338 e. The summed E-state index contributed by atoms with van der Waals surface area (Å²) in [7, 11) is 1.61. The number of carbonyl (C=O) groups is 2. The summed E-state index contributed by atoms with van der Waals surface area (Å²) < 4.78 is 10.7. The Morgan fingerprint density at radius 2 is 1.77 bits per heavy atom. The molecule has 186 valence electrons. The first-order valence-corrected chi connectivity index (χ1v) is 12.1. The first kappa shape index (κ1) is 26.2. The predicted molar refractivity (Wildman–Crippen MR) is 141 cm³/mol. The van der Waals surface area contributed by atoms with E-state index in [0.717, 1.165) is 22.6 Å². The van der Waals surface area contributed by atoms with Gasteiger partial charge in [0.05, 0.1) is 31.8 Å². The van der Waals surface area contributed by atoms with E-state index in [1.165, 1.54) is 0 Å². The highest BCUT2D eigenvalue weighted by Crippen LogP contribution is 2.32. The van der Waals surface area contributed by atoms with Gasteiger partial charge in [-0.3, -0.25) is 4.79 Å². The fourth-order valence-electron chi connectivity index (χ4n) is 3.89. The Hall–Kier alpha value is -3.39. The summed E-state index contributed by atoms with van der Waals surface area (Å²) >= 11 is 5.55. The van der Waals surface area contributed by atoms with Crippen molar-refractivity contribution >= 4 is 34.9 Å². The lowest BCUT2D eigenvalue weighted by atomic mass is 9.94. The number of esters is 1. The van der Waals surface area contributed by atoms with E-state index in [0.29, 0.717) is 29.5 Å². The number of hydrogen-bond donors (Lipinski definition) is 2. The fraction of sp³-hybridized carbons (Fsp3) is 0.370. The third-order valence-corrected chi connectivity index (χ3v) is 6.07. The number of amides is 1. The average Bonchev–Trinajstić information content (AvgIpc) is 2.83. The SMILES string of the molecule is CCN1C(=S)NC(c2ccc(NC(=O)Cc3ccc(OC)cc3)cc2)C(C(=O)OCC(C)C)=C1C. The number of carbonyl (C=O) groups excluding carboxylic acids is 2. The highest BCUT2D eigenvalue weighted by Gasteiger charge is 2.34. The molecule has 0 fully saturated rings. The van der Waals surface area contributed by atoms with Gasteiger partial charge in [-0.25, -0.2) is 4.79 Å². The lowest BCUT2D eigenvalue weighted by Gasteiger charge is -2.37. The largest absolute Gasteiger partial charge is 0.497 e. The molecule has 1 aliphatic rings. The lowest BCUT2D eigenvalue weighted by Crippen LogP contribution is -2.47. The lowest BCUT2D eigenvalue weighted by molar-refractivity contribution is -0.140. The molecular formula is C27H33N3O4S. The minimum Gasteiger partial charge on any atom is -0.497 e. The number of anilines is 1. The molecule has 0 saturated heterocycles. The van der Waals surface area contributed by atoms with Gasteiger partial charge >= 0.3 is 5.97 Å². The van der Waals surface area contributed by atoms with Crippen molar-refractivity contribution in [3.63, 3.8) is 0 Å². The minimum atomic E-state index is -0.436. The van der Waals surface area contributed by atoms with Crippen LogP contribution in [0.2, 0.25) is 0 Å². The van der Waals surface area contributed by atoms with Gasteiger partial charge < -0.3 is 25.0 Å². The first-order valence-electron chi connectivity index (χ1n) is 11.7. The number of allylic oxidation sites excluding steroid dienone is 1. The Bertz CT molecular complexity index is 1090. The molecule has 35 heavy (non-hydrogen) atoms. The fourth-order valence-corrected chi connectivity index (χ4v) is 4.27. The molecule has 3 rings (SSSR count). The van der Waals surface area contributed by atoms with Crippen molar-refractivity contribution in [1.29, 1.82) is 0 Å². The van der Waals surface area contributed by atoms with Crippen LogP contribution < -0.4 is 15.4 Å². The van der Waals surface area contributed by atoms with Gasteiger partial charge in [-0.1, -0.05) is 38.1 Å². The molecule has 2 N–H and O–H groups in total. The van der Waals surface area contributed by atoms with Crippen molar-refractivity contribution in [3.8, 4) is 5.75 Å². The topological polar surface area (TPSA) is 79.9 Å². The Morgan fingerprint density at radius 1 is 1.11 bits per heavy atom. The molecule has 2 aromatic rings. The summed E-state index contributed by atoms with van der Waals surface area (Å²) in [5, 5.41) is 6.77. The summed E-state index contributed by atoms with van der Waals surface area (Å²) in [6.07, 6.45) is 0.255. The molecule has 2 aromatic carbocycles. The molecular weight excluding hydrogens is 462 g/mol. The second-order valence-electron chi connectivity index (χ2n) is 8.81. The van der Waals surface area contributed by atoms with Crippen molar-refractivity contribution in [3.05, 3.63) is 70.9 Å². The van der Waals surface area contributed by atoms with Gasteiger partial charge in [0.1, 0.15) is 5.75 Å². The van der Waals surface area contributed by atoms with E-state index in [2.05, 4.69) is 10.6 Å². The summed E-state index contributed by atoms with van der Waals surface area (Å²) in [5.41, 5.74) is 3.74. The van der Waals surface area contributed by atoms with Crippen molar-refractivity contribution < 1.29 is 19.1 Å². The summed E-state index contributed by atoms with van der Waals surface area (Å²) in [5.74, 6) is 0.511. The van der Waals surface area contributed by atoms with Gasteiger partial charge in [-0.15, -0.1) is 0 Å². The molecule has 1 unspecified atom stereocenters. The maximum absolute atomic E-state index is 13.0. The Labute approximate surface area is 212 Å². The standard InChI is InChI=1S/C27H33N3O4S/c1-6-30-18(4)24(26(32)34-16-17(2)3)25(29-27(30)35)20-9-11-21(12-10-20)28-23(31)15-19-7-13-22(33-5)14-8-19/h7-14,17,25H,6,15-16H2,1-5H3,(H,28,31)(H,29,35). The van der Waals surface area contributed by atoms with E-state index in [1.54, 1.807) is 7.11 Å². The number of ether oxygens (including phenoxy) is 2. The zero-order valence-corrected chi connectivity index (χ0v) is 21.7. The van der Waals surface area contributed by atoms with Crippen LogP contribution in [0.5, 0.6) is 5.75 Å². The molecule has 0 aromatic heterocycles. The third-order valence-electron chi connectivity index (χ3n) is 5.73. The highest BCUT2D eigenvalue weighted by atomic mass is 32.1. The summed E-state index contributed by atoms with van der Waals surface area (Å²) in [6.45, 7) is 8.87. The molecule has 8 heteroatoms. The molecule has 1 atom stereocenters. The molecule has 0 aliphatic carbocycles. The van der Waals surface area contributed by atoms with Crippen LogP contribution in [-0.4, -0.2) is 42.2 Å². The van der Waals surface area contributed by atoms with Crippen LogP contribution >= 0.6 is 12.2 Å². The van der Waals surface area contributed by atoms with E-state index in [1.807, 2.05) is 81.1 Å². The van der Waals surface area contributed by atoms with Crippen molar-refractivity contribution in [2.75, 3.05) is 25.6 Å². The Morgan fingerprint density at radius 3 is 2.34 bits per heavy atom. The second kappa shape index (κ2) is 11.8. The van der Waals surface area contributed by atoms with E-state index in [-0.39, 0.29) is 24.2 Å². The van der Waals surface area contributed by atoms with Gasteiger partial charge in [0, 0.05) is 17.9 Å². The van der Waals surface area contributed by atoms with Crippen LogP contribution in [0, 0.1) is 5.92 Å². The summed E-state index contributed by atoms with van der Waals surface area (Å²) in [6, 6.07) is 14.4. The molecule has 1 aliphatic heterocycles. The normalized spacial score (nSPS) is 15.7. The number of hydrogen-bond acceptors (Lipinski definition) is 5. The maximum atomic E-state index is 13.0. The third kappa shape index (κ3) is 6.60. The summed E-state index contributed by atoms with van der Waals surface area (Å²) in [4.78, 5) is 27.4. The van der Waals surface area contributed by atoms with Crippen LogP contribution in [0.4, 0.5) is 5.69 Å². The van der Waals surface area contributed by atoms with Crippen LogP contribution in [0.1, 0.15) is 44.9 Å². The van der Waals surface area contributed by atoms with E-state index in [9.17, 15) is 9.59 Å². The molecule has 0 radical (unpaired) electrons. The highest BCUT2D eigenvalue weighted by molar-refractivity contribution is 7.80. The van der Waals surface area contributed by atoms with Crippen molar-refractivity contribution in [1.82, 2.24) is 10.2 Å². The van der Waals surface area contributed by atoms with Crippen LogP contribution in [0.15, 0.2) is 59.8 Å². The Kier molecular flexibility index (Phi) is 8.87. The zero-order valence-electron chi connectivity index (χ0n) is 20.9. The average molecular weight is 496 g/mol. The molecule has 1 amide bonds. The van der Waals surface area contributed by atoms with E-state index >= 15 is 0 Å². The van der Waals surface area contributed by atoms with Gasteiger partial charge in [0.15, 0.2) is 5.11 Å². The quantitative estimate of drug-likeness (QED) is 0.389. The van der Waals surface area contributed by atoms with Gasteiger partial charge in [0.25, 0.3) is 0 Å². The van der Waals surface area contributed by atoms with Crippen molar-refractivity contribution in [2.45, 2.75) is 40.2 Å². The van der Waals surface area contributed by atoms with Crippen LogP contribution in [0.3, 0.4) is 0 Å². The number of thiocarbonyl (C=S) groups is 1. The molecule has 0 bridgehead atoms. The number of benzene rings is 2. The number of rotatable bonds is 9. The number of nitrogens with one attached hydrogen (secondary N) is 2. The Balaban J connectivity index is 1.76. The first-order chi connectivity index (χ1) is 16.7. The van der Waals surface area contributed by atoms with Crippen LogP contribution in [0.25, 0.3) is 0 Å². The van der Waals surface area contributed by atoms with Crippen LogP contribution in [-0.2, 0) is 20.7 Å². The predicted octanol–water partition coefficient (Wildman–Crippen LogP) is 4.60. The van der Waals surface area contributed by atoms with Gasteiger partial charge in [0.2, 0.25) is 5.91 Å². The molecule has 0 saturated carbocycles. The van der Waals surface area contributed by atoms with E-state index in [4.69, 9.17) is 21.7 Å². The molecule has 7 nitrogen and oxygen atoms in total.